The zero-order chi connectivity index (χ0) is 21.3. The first-order valence-corrected chi connectivity index (χ1v) is 10.6. The van der Waals surface area contributed by atoms with Crippen molar-refractivity contribution in [1.82, 2.24) is 14.9 Å². The van der Waals surface area contributed by atoms with Crippen molar-refractivity contribution in [1.29, 1.82) is 0 Å². The lowest BCUT2D eigenvalue weighted by Crippen LogP contribution is -2.40. The number of fused-ring (bicyclic) bond motifs is 1. The molecule has 0 aliphatic carbocycles. The highest BCUT2D eigenvalue weighted by Gasteiger charge is 2.29. The summed E-state index contributed by atoms with van der Waals surface area (Å²) in [5.74, 6) is 0.893. The van der Waals surface area contributed by atoms with Gasteiger partial charge < -0.3 is 19.5 Å². The molecule has 0 saturated carbocycles. The van der Waals surface area contributed by atoms with Crippen molar-refractivity contribution >= 4 is 34.7 Å². The number of carbonyl (C=O) groups is 1. The van der Waals surface area contributed by atoms with Crippen LogP contribution in [-0.2, 0) is 11.3 Å². The SMILES string of the molecule is CC(C)(C)OC(=O)N[C@@H]1CCN(c2nc3ccccc3n2Cc2ccccc2Cl)C1. The smallest absolute Gasteiger partial charge is 0.407 e. The predicted octanol–water partition coefficient (Wildman–Crippen LogP) is 4.84. The van der Waals surface area contributed by atoms with Gasteiger partial charge in [0.15, 0.2) is 0 Å². The van der Waals surface area contributed by atoms with E-state index in [2.05, 4.69) is 20.9 Å². The van der Waals surface area contributed by atoms with E-state index in [1.54, 1.807) is 0 Å². The maximum Gasteiger partial charge on any atom is 0.407 e. The van der Waals surface area contributed by atoms with Crippen molar-refractivity contribution in [3.63, 3.8) is 0 Å². The van der Waals surface area contributed by atoms with Crippen LogP contribution in [0.3, 0.4) is 0 Å². The average Bonchev–Trinajstić information content (AvgIpc) is 3.27. The molecule has 1 aliphatic rings. The number of ether oxygens (including phenoxy) is 1. The third-order valence-corrected chi connectivity index (χ3v) is 5.48. The fourth-order valence-corrected chi connectivity index (χ4v) is 3.99. The third-order valence-electron chi connectivity index (χ3n) is 5.11. The van der Waals surface area contributed by atoms with E-state index in [4.69, 9.17) is 21.3 Å². The van der Waals surface area contributed by atoms with Gasteiger partial charge in [-0.1, -0.05) is 41.9 Å². The summed E-state index contributed by atoms with van der Waals surface area (Å²) in [6, 6.07) is 16.0. The topological polar surface area (TPSA) is 59.4 Å². The Hall–Kier alpha value is -2.73. The second-order valence-corrected chi connectivity index (χ2v) is 9.06. The molecule has 1 N–H and O–H groups in total. The van der Waals surface area contributed by atoms with Gasteiger partial charge in [-0.15, -0.1) is 0 Å². The monoisotopic (exact) mass is 426 g/mol. The molecular weight excluding hydrogens is 400 g/mol. The van der Waals surface area contributed by atoms with Crippen molar-refractivity contribution in [2.75, 3.05) is 18.0 Å². The first kappa shape index (κ1) is 20.5. The minimum atomic E-state index is -0.509. The van der Waals surface area contributed by atoms with E-state index in [1.807, 2.05) is 63.2 Å². The number of benzene rings is 2. The minimum absolute atomic E-state index is 0.0217. The molecule has 158 valence electrons. The summed E-state index contributed by atoms with van der Waals surface area (Å²) in [7, 11) is 0. The van der Waals surface area contributed by atoms with E-state index in [-0.39, 0.29) is 12.1 Å². The highest BCUT2D eigenvalue weighted by molar-refractivity contribution is 6.31. The molecular formula is C23H27ClN4O2. The normalized spacial score (nSPS) is 16.8. The average molecular weight is 427 g/mol. The minimum Gasteiger partial charge on any atom is -0.444 e. The molecule has 0 radical (unpaired) electrons. The van der Waals surface area contributed by atoms with Crippen molar-refractivity contribution in [3.8, 4) is 0 Å². The maximum absolute atomic E-state index is 12.2. The highest BCUT2D eigenvalue weighted by Crippen LogP contribution is 2.28. The van der Waals surface area contributed by atoms with Crippen LogP contribution in [0.5, 0.6) is 0 Å². The van der Waals surface area contributed by atoms with E-state index in [0.717, 1.165) is 40.5 Å². The number of halogens is 1. The molecule has 0 spiro atoms. The molecule has 7 heteroatoms. The largest absolute Gasteiger partial charge is 0.444 e. The van der Waals surface area contributed by atoms with Crippen molar-refractivity contribution in [2.24, 2.45) is 0 Å². The molecule has 1 aromatic heterocycles. The van der Waals surface area contributed by atoms with E-state index in [1.165, 1.54) is 0 Å². The lowest BCUT2D eigenvalue weighted by Gasteiger charge is -2.22. The van der Waals surface area contributed by atoms with Crippen molar-refractivity contribution in [3.05, 3.63) is 59.1 Å². The van der Waals surface area contributed by atoms with Crippen LogP contribution in [0.4, 0.5) is 10.7 Å². The summed E-state index contributed by atoms with van der Waals surface area (Å²) in [6.07, 6.45) is 0.466. The molecule has 0 unspecified atom stereocenters. The Labute approximate surface area is 181 Å². The Morgan fingerprint density at radius 1 is 1.20 bits per heavy atom. The van der Waals surface area contributed by atoms with Gasteiger partial charge in [0.25, 0.3) is 0 Å². The van der Waals surface area contributed by atoms with Crippen LogP contribution in [0.1, 0.15) is 32.8 Å². The number of amides is 1. The summed E-state index contributed by atoms with van der Waals surface area (Å²) in [4.78, 5) is 19.3. The molecule has 3 aromatic rings. The molecule has 1 amide bonds. The summed E-state index contributed by atoms with van der Waals surface area (Å²) in [5.41, 5.74) is 2.55. The molecule has 30 heavy (non-hydrogen) atoms. The number of alkyl carbamates (subject to hydrolysis) is 1. The van der Waals surface area contributed by atoms with Gasteiger partial charge in [0.05, 0.1) is 23.6 Å². The number of nitrogens with one attached hydrogen (secondary N) is 1. The molecule has 0 bridgehead atoms. The quantitative estimate of drug-likeness (QED) is 0.648. The van der Waals surface area contributed by atoms with Gasteiger partial charge in [-0.05, 0) is 51.0 Å². The number of rotatable bonds is 4. The van der Waals surface area contributed by atoms with Gasteiger partial charge in [-0.2, -0.15) is 0 Å². The molecule has 1 aliphatic heterocycles. The Balaban J connectivity index is 1.57. The van der Waals surface area contributed by atoms with Crippen LogP contribution in [0.15, 0.2) is 48.5 Å². The highest BCUT2D eigenvalue weighted by atomic mass is 35.5. The van der Waals surface area contributed by atoms with Crippen LogP contribution in [0.25, 0.3) is 11.0 Å². The third kappa shape index (κ3) is 4.54. The summed E-state index contributed by atoms with van der Waals surface area (Å²) in [5, 5.41) is 3.73. The second kappa shape index (κ2) is 8.19. The molecule has 1 atom stereocenters. The van der Waals surface area contributed by atoms with Crippen LogP contribution in [-0.4, -0.2) is 40.4 Å². The lowest BCUT2D eigenvalue weighted by atomic mass is 10.2. The van der Waals surface area contributed by atoms with E-state index >= 15 is 0 Å². The summed E-state index contributed by atoms with van der Waals surface area (Å²) < 4.78 is 7.60. The van der Waals surface area contributed by atoms with Crippen molar-refractivity contribution in [2.45, 2.75) is 45.4 Å². The Kier molecular flexibility index (Phi) is 5.60. The molecule has 1 saturated heterocycles. The number of carbonyl (C=O) groups excluding carboxylic acids is 1. The Morgan fingerprint density at radius 3 is 2.70 bits per heavy atom. The van der Waals surface area contributed by atoms with Gasteiger partial charge in [0.2, 0.25) is 5.95 Å². The fourth-order valence-electron chi connectivity index (χ4n) is 3.79. The standard InChI is InChI=1S/C23H27ClN4O2/c1-23(2,3)30-22(29)25-17-12-13-27(15-17)21-26-19-10-6-7-11-20(19)28(21)14-16-8-4-5-9-18(16)24/h4-11,17H,12-15H2,1-3H3,(H,25,29)/t17-/m1/s1. The zero-order valence-electron chi connectivity index (χ0n) is 17.6. The first-order chi connectivity index (χ1) is 14.3. The maximum atomic E-state index is 12.2. The molecule has 2 heterocycles. The number of imidazole rings is 1. The number of anilines is 1. The summed E-state index contributed by atoms with van der Waals surface area (Å²) >= 11 is 6.43. The number of aromatic nitrogens is 2. The van der Waals surface area contributed by atoms with E-state index in [9.17, 15) is 4.79 Å². The molecule has 4 rings (SSSR count). The van der Waals surface area contributed by atoms with Crippen LogP contribution in [0.2, 0.25) is 5.02 Å². The lowest BCUT2D eigenvalue weighted by molar-refractivity contribution is 0.0509. The predicted molar refractivity (Wildman–Crippen MR) is 120 cm³/mol. The number of hydrogen-bond acceptors (Lipinski definition) is 4. The van der Waals surface area contributed by atoms with Crippen molar-refractivity contribution < 1.29 is 9.53 Å². The van der Waals surface area contributed by atoms with E-state index < -0.39 is 5.60 Å². The van der Waals surface area contributed by atoms with Crippen LogP contribution < -0.4 is 10.2 Å². The van der Waals surface area contributed by atoms with Gasteiger partial charge in [0.1, 0.15) is 5.60 Å². The molecule has 2 aromatic carbocycles. The molecule has 6 nitrogen and oxygen atoms in total. The zero-order valence-corrected chi connectivity index (χ0v) is 18.3. The van der Waals surface area contributed by atoms with E-state index in [0.29, 0.717) is 13.1 Å². The number of para-hydroxylation sites is 2. The van der Waals surface area contributed by atoms with Gasteiger partial charge >= 0.3 is 6.09 Å². The molecule has 1 fully saturated rings. The second-order valence-electron chi connectivity index (χ2n) is 8.66. The number of hydrogen-bond donors (Lipinski definition) is 1. The van der Waals surface area contributed by atoms with Crippen LogP contribution >= 0.6 is 11.6 Å². The van der Waals surface area contributed by atoms with Gasteiger partial charge in [-0.25, -0.2) is 9.78 Å². The Morgan fingerprint density at radius 2 is 1.93 bits per heavy atom. The van der Waals surface area contributed by atoms with Crippen LogP contribution in [0, 0.1) is 0 Å². The van der Waals surface area contributed by atoms with Gasteiger partial charge in [0, 0.05) is 18.1 Å². The van der Waals surface area contributed by atoms with Gasteiger partial charge in [-0.3, -0.25) is 0 Å². The first-order valence-electron chi connectivity index (χ1n) is 10.2. The number of nitrogens with zero attached hydrogens (tertiary/aromatic N) is 3. The fraction of sp³-hybridized carbons (Fsp3) is 0.391. The Bertz CT molecular complexity index is 1060. The summed E-state index contributed by atoms with van der Waals surface area (Å²) in [6.45, 7) is 7.73.